The van der Waals surface area contributed by atoms with E-state index in [1.807, 2.05) is 54.6 Å². The van der Waals surface area contributed by atoms with Gasteiger partial charge in [0.15, 0.2) is 0 Å². The summed E-state index contributed by atoms with van der Waals surface area (Å²) in [4.78, 5) is 17.1. The van der Waals surface area contributed by atoms with Crippen LogP contribution in [-0.4, -0.2) is 20.7 Å². The Balaban J connectivity index is 1.63. The molecule has 2 aromatic carbocycles. The molecule has 0 aliphatic heterocycles. The van der Waals surface area contributed by atoms with Gasteiger partial charge in [-0.25, -0.2) is 4.68 Å². The molecule has 0 aliphatic rings. The second-order valence-electron chi connectivity index (χ2n) is 6.40. The Labute approximate surface area is 168 Å². The van der Waals surface area contributed by atoms with E-state index in [1.165, 1.54) is 0 Å². The molecule has 0 bridgehead atoms. The van der Waals surface area contributed by atoms with Crippen LogP contribution in [-0.2, 0) is 6.54 Å². The van der Waals surface area contributed by atoms with Crippen molar-refractivity contribution in [3.05, 3.63) is 102 Å². The first kappa shape index (κ1) is 18.1. The van der Waals surface area contributed by atoms with E-state index in [4.69, 9.17) is 5.26 Å². The number of hydrogen-bond donors (Lipinski definition) is 1. The fraction of sp³-hybridized carbons (Fsp3) is 0.0435. The number of benzene rings is 2. The third-order valence-electron chi connectivity index (χ3n) is 4.45. The van der Waals surface area contributed by atoms with Crippen LogP contribution in [0.3, 0.4) is 0 Å². The molecule has 2 aromatic heterocycles. The molecule has 0 spiro atoms. The maximum Gasteiger partial charge on any atom is 0.255 e. The molecule has 0 saturated carbocycles. The van der Waals surface area contributed by atoms with Crippen molar-refractivity contribution in [3.8, 4) is 23.0 Å². The molecule has 1 N–H and O–H groups in total. The molecular weight excluding hydrogens is 362 g/mol. The zero-order valence-electron chi connectivity index (χ0n) is 15.5. The van der Waals surface area contributed by atoms with Crippen molar-refractivity contribution >= 4 is 5.91 Å². The molecule has 1 amide bonds. The van der Waals surface area contributed by atoms with E-state index in [1.54, 1.807) is 35.4 Å². The summed E-state index contributed by atoms with van der Waals surface area (Å²) in [6.07, 6.45) is 5.10. The van der Waals surface area contributed by atoms with Crippen LogP contribution in [0, 0.1) is 11.3 Å². The van der Waals surface area contributed by atoms with Crippen molar-refractivity contribution in [1.29, 1.82) is 5.26 Å². The average Bonchev–Trinajstić information content (AvgIpc) is 3.25. The number of para-hydroxylation sites is 1. The normalized spacial score (nSPS) is 10.3. The van der Waals surface area contributed by atoms with E-state index in [2.05, 4.69) is 21.5 Å². The van der Waals surface area contributed by atoms with Gasteiger partial charge in [0.25, 0.3) is 5.91 Å². The van der Waals surface area contributed by atoms with E-state index in [-0.39, 0.29) is 5.91 Å². The first-order chi connectivity index (χ1) is 14.2. The summed E-state index contributed by atoms with van der Waals surface area (Å²) in [5.74, 6) is -0.226. The molecular formula is C23H17N5O. The fourth-order valence-corrected chi connectivity index (χ4v) is 2.94. The van der Waals surface area contributed by atoms with E-state index in [0.29, 0.717) is 23.4 Å². The van der Waals surface area contributed by atoms with Crippen molar-refractivity contribution in [1.82, 2.24) is 20.1 Å². The highest BCUT2D eigenvalue weighted by atomic mass is 16.1. The van der Waals surface area contributed by atoms with Crippen molar-refractivity contribution in [2.75, 3.05) is 0 Å². The van der Waals surface area contributed by atoms with Gasteiger partial charge in [-0.3, -0.25) is 9.78 Å². The molecule has 0 atom stereocenters. The number of pyridine rings is 1. The molecule has 0 radical (unpaired) electrons. The Morgan fingerprint density at radius 3 is 2.52 bits per heavy atom. The van der Waals surface area contributed by atoms with E-state index < -0.39 is 0 Å². The summed E-state index contributed by atoms with van der Waals surface area (Å²) >= 11 is 0. The average molecular weight is 379 g/mol. The second-order valence-corrected chi connectivity index (χ2v) is 6.40. The number of carbonyl (C=O) groups excluding carboxylic acids is 1. The maximum absolute atomic E-state index is 12.9. The quantitative estimate of drug-likeness (QED) is 0.573. The number of nitrogens with one attached hydrogen (secondary N) is 1. The van der Waals surface area contributed by atoms with Gasteiger partial charge >= 0.3 is 0 Å². The Morgan fingerprint density at radius 1 is 1.03 bits per heavy atom. The van der Waals surface area contributed by atoms with Crippen LogP contribution in [0.2, 0.25) is 0 Å². The Morgan fingerprint density at radius 2 is 1.83 bits per heavy atom. The molecule has 0 fully saturated rings. The van der Waals surface area contributed by atoms with Crippen LogP contribution in [0.25, 0.3) is 16.9 Å². The highest BCUT2D eigenvalue weighted by Crippen LogP contribution is 2.23. The summed E-state index contributed by atoms with van der Waals surface area (Å²) in [5.41, 5.74) is 4.17. The van der Waals surface area contributed by atoms with Crippen molar-refractivity contribution in [2.24, 2.45) is 0 Å². The molecule has 4 rings (SSSR count). The molecule has 2 heterocycles. The third-order valence-corrected chi connectivity index (χ3v) is 4.45. The molecule has 6 heteroatoms. The summed E-state index contributed by atoms with van der Waals surface area (Å²) < 4.78 is 1.69. The third kappa shape index (κ3) is 4.04. The predicted octanol–water partition coefficient (Wildman–Crippen LogP) is 3.74. The largest absolute Gasteiger partial charge is 0.348 e. The fourth-order valence-electron chi connectivity index (χ4n) is 2.94. The van der Waals surface area contributed by atoms with Crippen LogP contribution in [0.4, 0.5) is 0 Å². The van der Waals surface area contributed by atoms with Crippen LogP contribution < -0.4 is 5.32 Å². The molecule has 0 aliphatic carbocycles. The first-order valence-electron chi connectivity index (χ1n) is 9.07. The molecule has 4 aromatic rings. The highest BCUT2D eigenvalue weighted by molar-refractivity contribution is 5.99. The van der Waals surface area contributed by atoms with Gasteiger partial charge in [0, 0.05) is 30.7 Å². The lowest BCUT2D eigenvalue weighted by Crippen LogP contribution is -2.23. The van der Waals surface area contributed by atoms with Crippen LogP contribution in [0.15, 0.2) is 85.3 Å². The van der Waals surface area contributed by atoms with Gasteiger partial charge in [-0.15, -0.1) is 0 Å². The number of aromatic nitrogens is 3. The number of hydrogen-bond acceptors (Lipinski definition) is 4. The van der Waals surface area contributed by atoms with Gasteiger partial charge in [0.2, 0.25) is 0 Å². The Kier molecular flexibility index (Phi) is 5.12. The monoisotopic (exact) mass is 379 g/mol. The second kappa shape index (κ2) is 8.19. The molecule has 29 heavy (non-hydrogen) atoms. The zero-order valence-corrected chi connectivity index (χ0v) is 15.5. The van der Waals surface area contributed by atoms with Gasteiger partial charge in [0.05, 0.1) is 22.9 Å². The Hall–Kier alpha value is -4.24. The summed E-state index contributed by atoms with van der Waals surface area (Å²) in [6.45, 7) is 0.355. The summed E-state index contributed by atoms with van der Waals surface area (Å²) in [7, 11) is 0. The van der Waals surface area contributed by atoms with Gasteiger partial charge < -0.3 is 5.32 Å². The van der Waals surface area contributed by atoms with Crippen LogP contribution >= 0.6 is 0 Å². The molecule has 6 nitrogen and oxygen atoms in total. The number of nitriles is 1. The topological polar surface area (TPSA) is 83.6 Å². The van der Waals surface area contributed by atoms with Gasteiger partial charge in [-0.05, 0) is 42.0 Å². The van der Waals surface area contributed by atoms with Crippen molar-refractivity contribution < 1.29 is 4.79 Å². The lowest BCUT2D eigenvalue weighted by Gasteiger charge is -2.05. The number of nitrogens with zero attached hydrogens (tertiary/aromatic N) is 4. The minimum atomic E-state index is -0.226. The standard InChI is InChI=1S/C23H17N5O/c24-13-17-8-10-18(11-9-17)14-26-23(29)21-16-28(20-6-2-1-3-7-20)27-22(21)19-5-4-12-25-15-19/h1-12,15-16H,14H2,(H,26,29). The zero-order chi connectivity index (χ0) is 20.1. The minimum Gasteiger partial charge on any atom is -0.348 e. The molecule has 0 unspecified atom stereocenters. The van der Waals surface area contributed by atoms with Gasteiger partial charge in [0.1, 0.15) is 5.69 Å². The van der Waals surface area contributed by atoms with Gasteiger partial charge in [-0.1, -0.05) is 30.3 Å². The lowest BCUT2D eigenvalue weighted by atomic mass is 10.1. The number of rotatable bonds is 5. The van der Waals surface area contributed by atoms with Crippen molar-refractivity contribution in [3.63, 3.8) is 0 Å². The number of carbonyl (C=O) groups is 1. The Bertz CT molecular complexity index is 1160. The molecule has 140 valence electrons. The smallest absolute Gasteiger partial charge is 0.255 e. The summed E-state index contributed by atoms with van der Waals surface area (Å²) in [5, 5.41) is 16.5. The van der Waals surface area contributed by atoms with E-state index in [0.717, 1.165) is 16.8 Å². The summed E-state index contributed by atoms with van der Waals surface area (Å²) in [6, 6.07) is 22.5. The first-order valence-corrected chi connectivity index (χ1v) is 9.07. The number of amides is 1. The van der Waals surface area contributed by atoms with Crippen LogP contribution in [0.1, 0.15) is 21.5 Å². The van der Waals surface area contributed by atoms with Crippen LogP contribution in [0.5, 0.6) is 0 Å². The van der Waals surface area contributed by atoms with E-state index >= 15 is 0 Å². The maximum atomic E-state index is 12.9. The van der Waals surface area contributed by atoms with Crippen molar-refractivity contribution in [2.45, 2.75) is 6.54 Å². The SMILES string of the molecule is N#Cc1ccc(CNC(=O)c2cn(-c3ccccc3)nc2-c2cccnc2)cc1. The predicted molar refractivity (Wildman–Crippen MR) is 109 cm³/mol. The van der Waals surface area contributed by atoms with E-state index in [9.17, 15) is 4.79 Å². The highest BCUT2D eigenvalue weighted by Gasteiger charge is 2.18. The molecule has 0 saturated heterocycles. The lowest BCUT2D eigenvalue weighted by molar-refractivity contribution is 0.0951. The minimum absolute atomic E-state index is 0.226. The van der Waals surface area contributed by atoms with Gasteiger partial charge in [-0.2, -0.15) is 10.4 Å².